The molecule has 1 aliphatic heterocycles. The summed E-state index contributed by atoms with van der Waals surface area (Å²) in [4.78, 5) is 0. The third-order valence-electron chi connectivity index (χ3n) is 2.87. The lowest BCUT2D eigenvalue weighted by molar-refractivity contribution is -0.247. The summed E-state index contributed by atoms with van der Waals surface area (Å²) in [6.07, 6.45) is 0.153. The fourth-order valence-corrected chi connectivity index (χ4v) is 1.94. The van der Waals surface area contributed by atoms with Crippen molar-refractivity contribution in [2.75, 3.05) is 18.5 Å². The van der Waals surface area contributed by atoms with Crippen molar-refractivity contribution in [2.24, 2.45) is 0 Å². The van der Waals surface area contributed by atoms with Gasteiger partial charge in [-0.3, -0.25) is 0 Å². The quantitative estimate of drug-likeness (QED) is 0.908. The topological polar surface area (TPSA) is 39.7 Å². The fraction of sp³-hybridized carbons (Fsp3) is 0.600. The first kappa shape index (κ1) is 14.2. The second kappa shape index (κ2) is 5.80. The van der Waals surface area contributed by atoms with Gasteiger partial charge in [0.15, 0.2) is 5.79 Å². The minimum Gasteiger partial charge on any atom is -0.489 e. The molecule has 0 aliphatic carbocycles. The van der Waals surface area contributed by atoms with Crippen molar-refractivity contribution in [3.8, 4) is 5.75 Å². The van der Waals surface area contributed by atoms with Gasteiger partial charge >= 0.3 is 0 Å². The second-order valence-electron chi connectivity index (χ2n) is 5.53. The summed E-state index contributed by atoms with van der Waals surface area (Å²) in [5.74, 6) is 0.383. The maximum absolute atomic E-state index is 5.78. The fourth-order valence-electron chi connectivity index (χ4n) is 1.94. The van der Waals surface area contributed by atoms with Gasteiger partial charge in [0.2, 0.25) is 0 Å². The minimum absolute atomic E-state index is 0.143. The summed E-state index contributed by atoms with van der Waals surface area (Å²) in [5, 5.41) is 3.42. The van der Waals surface area contributed by atoms with Crippen LogP contribution in [0.1, 0.15) is 27.7 Å². The molecule has 106 valence electrons. The maximum Gasteiger partial charge on any atom is 0.162 e. The SMILES string of the molecule is CC(C)Oc1ccccc1NC1COC(C)(C)OC1. The molecule has 0 radical (unpaired) electrons. The Balaban J connectivity index is 1.99. The van der Waals surface area contributed by atoms with Gasteiger partial charge in [-0.2, -0.15) is 0 Å². The van der Waals surface area contributed by atoms with E-state index in [1.807, 2.05) is 52.0 Å². The maximum atomic E-state index is 5.78. The van der Waals surface area contributed by atoms with Crippen LogP contribution in [0.15, 0.2) is 24.3 Å². The van der Waals surface area contributed by atoms with Gasteiger partial charge in [0.1, 0.15) is 5.75 Å². The average molecular weight is 265 g/mol. The van der Waals surface area contributed by atoms with E-state index < -0.39 is 5.79 Å². The highest BCUT2D eigenvalue weighted by molar-refractivity contribution is 5.56. The molecule has 4 nitrogen and oxygen atoms in total. The van der Waals surface area contributed by atoms with Crippen molar-refractivity contribution in [1.29, 1.82) is 0 Å². The van der Waals surface area contributed by atoms with Gasteiger partial charge < -0.3 is 19.5 Å². The molecule has 1 saturated heterocycles. The third-order valence-corrected chi connectivity index (χ3v) is 2.87. The molecule has 0 amide bonds. The van der Waals surface area contributed by atoms with Crippen molar-refractivity contribution in [2.45, 2.75) is 45.6 Å². The zero-order chi connectivity index (χ0) is 13.9. The van der Waals surface area contributed by atoms with Gasteiger partial charge in [-0.15, -0.1) is 0 Å². The summed E-state index contributed by atoms with van der Waals surface area (Å²) in [7, 11) is 0. The van der Waals surface area contributed by atoms with Crippen molar-refractivity contribution >= 4 is 5.69 Å². The van der Waals surface area contributed by atoms with Gasteiger partial charge in [-0.1, -0.05) is 12.1 Å². The van der Waals surface area contributed by atoms with Crippen LogP contribution in [0.25, 0.3) is 0 Å². The Morgan fingerprint density at radius 3 is 2.47 bits per heavy atom. The lowest BCUT2D eigenvalue weighted by Crippen LogP contribution is -2.45. The average Bonchev–Trinajstić information content (AvgIpc) is 2.33. The van der Waals surface area contributed by atoms with E-state index in [0.29, 0.717) is 13.2 Å². The number of ether oxygens (including phenoxy) is 3. The van der Waals surface area contributed by atoms with Gasteiger partial charge in [0, 0.05) is 0 Å². The third kappa shape index (κ3) is 4.11. The predicted octanol–water partition coefficient (Wildman–Crippen LogP) is 3.04. The molecule has 0 aromatic heterocycles. The Bertz CT molecular complexity index is 408. The molecule has 0 spiro atoms. The summed E-state index contributed by atoms with van der Waals surface area (Å²) >= 11 is 0. The summed E-state index contributed by atoms with van der Waals surface area (Å²) < 4.78 is 17.1. The van der Waals surface area contributed by atoms with Gasteiger partial charge in [0.05, 0.1) is 31.0 Å². The number of nitrogens with one attached hydrogen (secondary N) is 1. The van der Waals surface area contributed by atoms with Crippen LogP contribution in [-0.4, -0.2) is 31.1 Å². The van der Waals surface area contributed by atoms with Crippen LogP contribution < -0.4 is 10.1 Å². The number of benzene rings is 1. The van der Waals surface area contributed by atoms with Crippen LogP contribution >= 0.6 is 0 Å². The molecule has 19 heavy (non-hydrogen) atoms. The Kier molecular flexibility index (Phi) is 4.32. The highest BCUT2D eigenvalue weighted by Crippen LogP contribution is 2.27. The molecule has 1 N–H and O–H groups in total. The standard InChI is InChI=1S/C15H23NO3/c1-11(2)19-14-8-6-5-7-13(14)16-12-9-17-15(3,4)18-10-12/h5-8,11-12,16H,9-10H2,1-4H3. The first-order valence-corrected chi connectivity index (χ1v) is 6.76. The Labute approximate surface area is 115 Å². The van der Waals surface area contributed by atoms with Gasteiger partial charge in [-0.25, -0.2) is 0 Å². The second-order valence-corrected chi connectivity index (χ2v) is 5.53. The lowest BCUT2D eigenvalue weighted by Gasteiger charge is -2.35. The number of hydrogen-bond acceptors (Lipinski definition) is 4. The smallest absolute Gasteiger partial charge is 0.162 e. The number of para-hydroxylation sites is 2. The van der Waals surface area contributed by atoms with Crippen LogP contribution in [0.3, 0.4) is 0 Å². The largest absolute Gasteiger partial charge is 0.489 e. The summed E-state index contributed by atoms with van der Waals surface area (Å²) in [6, 6.07) is 8.09. The summed E-state index contributed by atoms with van der Waals surface area (Å²) in [5.41, 5.74) is 0.980. The molecule has 0 saturated carbocycles. The molecular formula is C15H23NO3. The molecule has 1 fully saturated rings. The highest BCUT2D eigenvalue weighted by Gasteiger charge is 2.28. The first-order chi connectivity index (χ1) is 8.96. The van der Waals surface area contributed by atoms with Crippen LogP contribution in [0.4, 0.5) is 5.69 Å². The Hall–Kier alpha value is -1.26. The Morgan fingerprint density at radius 2 is 1.84 bits per heavy atom. The Morgan fingerprint density at radius 1 is 1.21 bits per heavy atom. The van der Waals surface area contributed by atoms with E-state index >= 15 is 0 Å². The lowest BCUT2D eigenvalue weighted by atomic mass is 10.2. The molecule has 1 aromatic rings. The van der Waals surface area contributed by atoms with Crippen LogP contribution in [0.2, 0.25) is 0 Å². The molecule has 0 bridgehead atoms. The number of anilines is 1. The van der Waals surface area contributed by atoms with Crippen LogP contribution in [-0.2, 0) is 9.47 Å². The molecule has 0 atom stereocenters. The van der Waals surface area contributed by atoms with Crippen LogP contribution in [0.5, 0.6) is 5.75 Å². The van der Waals surface area contributed by atoms with E-state index in [1.165, 1.54) is 0 Å². The monoisotopic (exact) mass is 265 g/mol. The number of rotatable bonds is 4. The van der Waals surface area contributed by atoms with Crippen molar-refractivity contribution in [3.05, 3.63) is 24.3 Å². The zero-order valence-corrected chi connectivity index (χ0v) is 12.1. The van der Waals surface area contributed by atoms with E-state index in [4.69, 9.17) is 14.2 Å². The number of hydrogen-bond donors (Lipinski definition) is 1. The van der Waals surface area contributed by atoms with Crippen molar-refractivity contribution in [3.63, 3.8) is 0 Å². The van der Waals surface area contributed by atoms with Gasteiger partial charge in [0.25, 0.3) is 0 Å². The molecule has 1 aromatic carbocycles. The zero-order valence-electron chi connectivity index (χ0n) is 12.1. The molecule has 1 aliphatic rings. The van der Waals surface area contributed by atoms with E-state index in [2.05, 4.69) is 5.32 Å². The summed E-state index contributed by atoms with van der Waals surface area (Å²) in [6.45, 7) is 9.16. The predicted molar refractivity (Wildman–Crippen MR) is 75.6 cm³/mol. The highest BCUT2D eigenvalue weighted by atomic mass is 16.7. The van der Waals surface area contributed by atoms with Crippen LogP contribution in [0, 0.1) is 0 Å². The molecule has 4 heteroatoms. The van der Waals surface area contributed by atoms with E-state index in [9.17, 15) is 0 Å². The van der Waals surface area contributed by atoms with Crippen molar-refractivity contribution < 1.29 is 14.2 Å². The first-order valence-electron chi connectivity index (χ1n) is 6.76. The molecule has 1 heterocycles. The van der Waals surface area contributed by atoms with E-state index in [1.54, 1.807) is 0 Å². The minimum atomic E-state index is -0.480. The normalized spacial score (nSPS) is 19.4. The molecule has 0 unspecified atom stereocenters. The van der Waals surface area contributed by atoms with Gasteiger partial charge in [-0.05, 0) is 39.8 Å². The van der Waals surface area contributed by atoms with E-state index in [-0.39, 0.29) is 12.1 Å². The van der Waals surface area contributed by atoms with E-state index in [0.717, 1.165) is 11.4 Å². The molecule has 2 rings (SSSR count). The molecular weight excluding hydrogens is 242 g/mol. The van der Waals surface area contributed by atoms with Crippen molar-refractivity contribution in [1.82, 2.24) is 0 Å².